The summed E-state index contributed by atoms with van der Waals surface area (Å²) in [7, 11) is 0. The second kappa shape index (κ2) is 6.99. The lowest BCUT2D eigenvalue weighted by Crippen LogP contribution is -2.25. The van der Waals surface area contributed by atoms with E-state index in [0.29, 0.717) is 22.8 Å². The fourth-order valence-electron chi connectivity index (χ4n) is 2.79. The number of hydrogen-bond acceptors (Lipinski definition) is 6. The van der Waals surface area contributed by atoms with E-state index >= 15 is 0 Å². The van der Waals surface area contributed by atoms with E-state index in [1.54, 1.807) is 18.2 Å². The summed E-state index contributed by atoms with van der Waals surface area (Å²) >= 11 is 0. The van der Waals surface area contributed by atoms with Gasteiger partial charge in [-0.25, -0.2) is 0 Å². The predicted octanol–water partition coefficient (Wildman–Crippen LogP) is 2.12. The SMILES string of the molecule is CCc1ccc(-c2nnn(CC(=O)c3ccc4c(c3)NC(=O)CO4)n2)cc1. The number of aromatic nitrogens is 4. The lowest BCUT2D eigenvalue weighted by molar-refractivity contribution is -0.118. The van der Waals surface area contributed by atoms with Crippen LogP contribution < -0.4 is 10.1 Å². The molecule has 4 rings (SSSR count). The molecule has 1 aliphatic heterocycles. The van der Waals surface area contributed by atoms with Crippen LogP contribution in [0.4, 0.5) is 5.69 Å². The maximum Gasteiger partial charge on any atom is 0.262 e. The highest BCUT2D eigenvalue weighted by Gasteiger charge is 2.18. The third-order valence-electron chi connectivity index (χ3n) is 4.29. The Morgan fingerprint density at radius 2 is 2.04 bits per heavy atom. The second-order valence-corrected chi connectivity index (χ2v) is 6.16. The largest absolute Gasteiger partial charge is 0.482 e. The number of hydrogen-bond donors (Lipinski definition) is 1. The molecule has 2 heterocycles. The van der Waals surface area contributed by atoms with Gasteiger partial charge in [-0.3, -0.25) is 9.59 Å². The molecular formula is C19H17N5O3. The number of benzene rings is 2. The molecule has 2 aromatic carbocycles. The average Bonchev–Trinajstić information content (AvgIpc) is 3.16. The lowest BCUT2D eigenvalue weighted by atomic mass is 10.1. The van der Waals surface area contributed by atoms with Crippen molar-refractivity contribution in [2.45, 2.75) is 19.9 Å². The molecule has 0 bridgehead atoms. The highest BCUT2D eigenvalue weighted by Crippen LogP contribution is 2.28. The molecular weight excluding hydrogens is 346 g/mol. The van der Waals surface area contributed by atoms with Crippen molar-refractivity contribution in [3.05, 3.63) is 53.6 Å². The van der Waals surface area contributed by atoms with Gasteiger partial charge >= 0.3 is 0 Å². The molecule has 0 saturated carbocycles. The standard InChI is InChI=1S/C19H17N5O3/c1-2-12-3-5-13(6-4-12)19-21-23-24(22-19)10-16(25)14-7-8-17-15(9-14)20-18(26)11-27-17/h3-9H,2,10-11H2,1H3,(H,20,26). The molecule has 1 aliphatic rings. The maximum atomic E-state index is 12.5. The number of carbonyl (C=O) groups is 2. The summed E-state index contributed by atoms with van der Waals surface area (Å²) in [6.07, 6.45) is 0.959. The number of ether oxygens (including phenoxy) is 1. The summed E-state index contributed by atoms with van der Waals surface area (Å²) < 4.78 is 5.29. The third kappa shape index (κ3) is 3.55. The molecule has 0 unspecified atom stereocenters. The number of ketones is 1. The van der Waals surface area contributed by atoms with Gasteiger partial charge in [-0.2, -0.15) is 4.80 Å². The van der Waals surface area contributed by atoms with Crippen LogP contribution in [0.2, 0.25) is 0 Å². The van der Waals surface area contributed by atoms with Crippen molar-refractivity contribution in [1.29, 1.82) is 0 Å². The summed E-state index contributed by atoms with van der Waals surface area (Å²) in [6, 6.07) is 12.8. The van der Waals surface area contributed by atoms with E-state index in [9.17, 15) is 9.59 Å². The molecule has 1 N–H and O–H groups in total. The van der Waals surface area contributed by atoms with Gasteiger partial charge in [0.2, 0.25) is 5.82 Å². The van der Waals surface area contributed by atoms with Crippen LogP contribution in [-0.2, 0) is 17.8 Å². The van der Waals surface area contributed by atoms with E-state index in [4.69, 9.17) is 4.74 Å². The van der Waals surface area contributed by atoms with Gasteiger partial charge in [-0.05, 0) is 35.4 Å². The zero-order valence-corrected chi connectivity index (χ0v) is 14.7. The topological polar surface area (TPSA) is 99.0 Å². The van der Waals surface area contributed by atoms with Crippen molar-refractivity contribution in [3.63, 3.8) is 0 Å². The van der Waals surface area contributed by atoms with Crippen molar-refractivity contribution < 1.29 is 14.3 Å². The van der Waals surface area contributed by atoms with Crippen LogP contribution in [0, 0.1) is 0 Å². The summed E-state index contributed by atoms with van der Waals surface area (Å²) in [5, 5.41) is 14.9. The molecule has 1 aromatic heterocycles. The number of amides is 1. The van der Waals surface area contributed by atoms with E-state index in [1.807, 2.05) is 24.3 Å². The fourth-order valence-corrected chi connectivity index (χ4v) is 2.79. The normalized spacial score (nSPS) is 12.9. The first-order chi connectivity index (χ1) is 13.1. The molecule has 8 heteroatoms. The minimum atomic E-state index is -0.247. The fraction of sp³-hybridized carbons (Fsp3) is 0.211. The first-order valence-corrected chi connectivity index (χ1v) is 8.59. The molecule has 27 heavy (non-hydrogen) atoms. The molecule has 136 valence electrons. The molecule has 0 spiro atoms. The molecule has 3 aromatic rings. The Labute approximate surface area is 155 Å². The molecule has 1 amide bonds. The molecule has 8 nitrogen and oxygen atoms in total. The monoisotopic (exact) mass is 363 g/mol. The average molecular weight is 363 g/mol. The van der Waals surface area contributed by atoms with Crippen molar-refractivity contribution in [2.24, 2.45) is 0 Å². The van der Waals surface area contributed by atoms with E-state index in [-0.39, 0.29) is 24.8 Å². The van der Waals surface area contributed by atoms with Crippen LogP contribution in [0.5, 0.6) is 5.75 Å². The van der Waals surface area contributed by atoms with Gasteiger partial charge in [-0.15, -0.1) is 10.2 Å². The number of aryl methyl sites for hydroxylation is 1. The van der Waals surface area contributed by atoms with Crippen molar-refractivity contribution in [3.8, 4) is 17.1 Å². The van der Waals surface area contributed by atoms with E-state index in [2.05, 4.69) is 27.7 Å². The van der Waals surface area contributed by atoms with Gasteiger partial charge in [0.1, 0.15) is 12.3 Å². The highest BCUT2D eigenvalue weighted by molar-refractivity contribution is 6.00. The van der Waals surface area contributed by atoms with Crippen LogP contribution in [0.1, 0.15) is 22.8 Å². The quantitative estimate of drug-likeness (QED) is 0.697. The Hall–Kier alpha value is -3.55. The van der Waals surface area contributed by atoms with E-state index in [1.165, 1.54) is 10.4 Å². The Morgan fingerprint density at radius 3 is 2.81 bits per heavy atom. The number of nitrogens with zero attached hydrogens (tertiary/aromatic N) is 4. The van der Waals surface area contributed by atoms with Crippen molar-refractivity contribution in [2.75, 3.05) is 11.9 Å². The number of Topliss-reactive ketones (excluding diaryl/α,β-unsaturated/α-hetero) is 1. The molecule has 0 atom stereocenters. The summed E-state index contributed by atoms with van der Waals surface area (Å²) in [5.41, 5.74) is 3.00. The highest BCUT2D eigenvalue weighted by atomic mass is 16.5. The number of rotatable bonds is 5. The van der Waals surface area contributed by atoms with Crippen LogP contribution in [0.15, 0.2) is 42.5 Å². The smallest absolute Gasteiger partial charge is 0.262 e. The molecule has 0 fully saturated rings. The van der Waals surface area contributed by atoms with Gasteiger partial charge < -0.3 is 10.1 Å². The van der Waals surface area contributed by atoms with Gasteiger partial charge in [0.05, 0.1) is 5.69 Å². The second-order valence-electron chi connectivity index (χ2n) is 6.16. The molecule has 0 saturated heterocycles. The number of carbonyl (C=O) groups excluding carboxylic acids is 2. The molecule has 0 radical (unpaired) electrons. The van der Waals surface area contributed by atoms with Crippen LogP contribution in [0.25, 0.3) is 11.4 Å². The Bertz CT molecular complexity index is 1010. The van der Waals surface area contributed by atoms with Crippen molar-refractivity contribution >= 4 is 17.4 Å². The zero-order chi connectivity index (χ0) is 18.8. The minimum Gasteiger partial charge on any atom is -0.482 e. The van der Waals surface area contributed by atoms with Gasteiger partial charge in [0.15, 0.2) is 12.4 Å². The Kier molecular flexibility index (Phi) is 4.37. The Morgan fingerprint density at radius 1 is 1.22 bits per heavy atom. The van der Waals surface area contributed by atoms with Gasteiger partial charge in [0, 0.05) is 11.1 Å². The van der Waals surface area contributed by atoms with Crippen molar-refractivity contribution in [1.82, 2.24) is 20.2 Å². The van der Waals surface area contributed by atoms with Gasteiger partial charge in [0.25, 0.3) is 5.91 Å². The number of nitrogens with one attached hydrogen (secondary N) is 1. The summed E-state index contributed by atoms with van der Waals surface area (Å²) in [5.74, 6) is 0.575. The first kappa shape index (κ1) is 16.9. The third-order valence-corrected chi connectivity index (χ3v) is 4.29. The van der Waals surface area contributed by atoms with Crippen LogP contribution in [0.3, 0.4) is 0 Å². The number of tetrazole rings is 1. The van der Waals surface area contributed by atoms with Crippen LogP contribution >= 0.6 is 0 Å². The Balaban J connectivity index is 1.49. The molecule has 0 aliphatic carbocycles. The predicted molar refractivity (Wildman–Crippen MR) is 97.5 cm³/mol. The lowest BCUT2D eigenvalue weighted by Gasteiger charge is -2.18. The zero-order valence-electron chi connectivity index (χ0n) is 14.7. The minimum absolute atomic E-state index is 0.0226. The van der Waals surface area contributed by atoms with E-state index in [0.717, 1.165) is 12.0 Å². The first-order valence-electron chi connectivity index (χ1n) is 8.59. The number of fused-ring (bicyclic) bond motifs is 1. The van der Waals surface area contributed by atoms with Crippen LogP contribution in [-0.4, -0.2) is 38.5 Å². The summed E-state index contributed by atoms with van der Waals surface area (Å²) in [4.78, 5) is 25.2. The summed E-state index contributed by atoms with van der Waals surface area (Å²) in [6.45, 7) is 2.02. The number of anilines is 1. The van der Waals surface area contributed by atoms with Gasteiger partial charge in [-0.1, -0.05) is 31.2 Å². The maximum absolute atomic E-state index is 12.5. The van der Waals surface area contributed by atoms with E-state index < -0.39 is 0 Å².